The number of rotatable bonds is 10. The van der Waals surface area contributed by atoms with Gasteiger partial charge in [0.15, 0.2) is 18.1 Å². The second-order valence-corrected chi connectivity index (χ2v) is 8.91. The van der Waals surface area contributed by atoms with Crippen LogP contribution in [0.3, 0.4) is 0 Å². The molecule has 0 radical (unpaired) electrons. The molecule has 11 nitrogen and oxygen atoms in total. The topological polar surface area (TPSA) is 133 Å². The Bertz CT molecular complexity index is 1580. The zero-order valence-electron chi connectivity index (χ0n) is 23.5. The van der Waals surface area contributed by atoms with Gasteiger partial charge in [0.2, 0.25) is 0 Å². The molecule has 0 aromatic heterocycles. The summed E-state index contributed by atoms with van der Waals surface area (Å²) < 4.78 is 20.9. The lowest BCUT2D eigenvalue weighted by atomic mass is 10.1. The van der Waals surface area contributed by atoms with Crippen LogP contribution in [0.1, 0.15) is 40.1 Å². The third kappa shape index (κ3) is 6.64. The molecule has 0 fully saturated rings. The van der Waals surface area contributed by atoms with Crippen LogP contribution in [0.2, 0.25) is 0 Å². The van der Waals surface area contributed by atoms with E-state index in [-0.39, 0.29) is 24.7 Å². The van der Waals surface area contributed by atoms with Crippen molar-refractivity contribution in [1.29, 1.82) is 0 Å². The molecule has 216 valence electrons. The molecular weight excluding hydrogens is 542 g/mol. The monoisotopic (exact) mass is 571 g/mol. The molecule has 4 rings (SSSR count). The van der Waals surface area contributed by atoms with Crippen molar-refractivity contribution in [3.63, 3.8) is 0 Å². The quantitative estimate of drug-likeness (QED) is 0.278. The molecule has 1 heterocycles. The van der Waals surface area contributed by atoms with E-state index in [1.54, 1.807) is 86.7 Å². The van der Waals surface area contributed by atoms with Gasteiger partial charge in [-0.05, 0) is 74.0 Å². The van der Waals surface area contributed by atoms with Crippen LogP contribution in [0.4, 0.5) is 11.4 Å². The number of hydrogen-bond acceptors (Lipinski definition) is 9. The maximum Gasteiger partial charge on any atom is 0.339 e. The van der Waals surface area contributed by atoms with Crippen LogP contribution < -0.4 is 19.8 Å². The lowest BCUT2D eigenvalue weighted by molar-refractivity contribution is -0.118. The van der Waals surface area contributed by atoms with Gasteiger partial charge in [0, 0.05) is 0 Å². The fourth-order valence-corrected chi connectivity index (χ4v) is 4.08. The van der Waals surface area contributed by atoms with Crippen LogP contribution in [0.15, 0.2) is 77.4 Å². The van der Waals surface area contributed by atoms with E-state index in [1.807, 2.05) is 0 Å². The SMILES string of the molecule is CCOC(=O)c1ccc(N2N=C(C)/C(=C\c3ccc(OCC(=O)Nc4ccccc4C(=O)OC)c(OC)c3)C2=O)cc1. The van der Waals surface area contributed by atoms with Gasteiger partial charge in [-0.2, -0.15) is 10.1 Å². The first-order valence-corrected chi connectivity index (χ1v) is 12.9. The first-order chi connectivity index (χ1) is 20.2. The van der Waals surface area contributed by atoms with Gasteiger partial charge in [0.25, 0.3) is 11.8 Å². The number of benzene rings is 3. The lowest BCUT2D eigenvalue weighted by Gasteiger charge is -2.13. The van der Waals surface area contributed by atoms with Crippen LogP contribution >= 0.6 is 0 Å². The number of hydrogen-bond donors (Lipinski definition) is 1. The predicted molar refractivity (Wildman–Crippen MR) is 156 cm³/mol. The van der Waals surface area contributed by atoms with Crippen LogP contribution in [0.25, 0.3) is 6.08 Å². The number of amides is 2. The molecule has 3 aromatic carbocycles. The Morgan fingerprint density at radius 1 is 0.952 bits per heavy atom. The number of nitrogens with zero attached hydrogens (tertiary/aromatic N) is 2. The molecule has 0 atom stereocenters. The molecular formula is C31H29N3O8. The summed E-state index contributed by atoms with van der Waals surface area (Å²) in [5.74, 6) is -1.18. The highest BCUT2D eigenvalue weighted by molar-refractivity contribution is 6.32. The van der Waals surface area contributed by atoms with E-state index < -0.39 is 17.8 Å². The Kier molecular flexibility index (Phi) is 9.33. The second-order valence-electron chi connectivity index (χ2n) is 8.91. The predicted octanol–water partition coefficient (Wildman–Crippen LogP) is 4.48. The fraction of sp³-hybridized carbons (Fsp3) is 0.194. The number of hydrazone groups is 1. The normalized spacial score (nSPS) is 13.4. The first-order valence-electron chi connectivity index (χ1n) is 12.9. The second kappa shape index (κ2) is 13.3. The summed E-state index contributed by atoms with van der Waals surface area (Å²) >= 11 is 0. The summed E-state index contributed by atoms with van der Waals surface area (Å²) in [5.41, 5.74) is 2.94. The summed E-state index contributed by atoms with van der Waals surface area (Å²) in [4.78, 5) is 49.6. The number of para-hydroxylation sites is 1. The zero-order valence-corrected chi connectivity index (χ0v) is 23.5. The average molecular weight is 572 g/mol. The molecule has 0 aliphatic carbocycles. The summed E-state index contributed by atoms with van der Waals surface area (Å²) in [5, 5.41) is 8.29. The number of esters is 2. The zero-order chi connectivity index (χ0) is 30.2. The molecule has 0 bridgehead atoms. The van der Waals surface area contributed by atoms with Crippen molar-refractivity contribution in [2.24, 2.45) is 5.10 Å². The van der Waals surface area contributed by atoms with E-state index in [1.165, 1.54) is 19.2 Å². The van der Waals surface area contributed by atoms with Gasteiger partial charge in [-0.3, -0.25) is 9.59 Å². The summed E-state index contributed by atoms with van der Waals surface area (Å²) in [6.45, 7) is 3.37. The number of anilines is 2. The third-order valence-corrected chi connectivity index (χ3v) is 6.15. The van der Waals surface area contributed by atoms with Gasteiger partial charge in [-0.25, -0.2) is 9.59 Å². The average Bonchev–Trinajstić information content (AvgIpc) is 3.28. The Morgan fingerprint density at radius 3 is 2.38 bits per heavy atom. The van der Waals surface area contributed by atoms with Crippen molar-refractivity contribution >= 4 is 46.9 Å². The summed E-state index contributed by atoms with van der Waals surface area (Å²) in [6.07, 6.45) is 1.68. The molecule has 0 spiro atoms. The number of carbonyl (C=O) groups excluding carboxylic acids is 4. The summed E-state index contributed by atoms with van der Waals surface area (Å²) in [7, 11) is 2.72. The Balaban J connectivity index is 1.44. The van der Waals surface area contributed by atoms with E-state index in [9.17, 15) is 19.2 Å². The van der Waals surface area contributed by atoms with E-state index in [2.05, 4.69) is 10.4 Å². The minimum atomic E-state index is -0.575. The number of nitrogens with one attached hydrogen (secondary N) is 1. The largest absolute Gasteiger partial charge is 0.493 e. The van der Waals surface area contributed by atoms with Gasteiger partial charge in [0.05, 0.1) is 54.6 Å². The Labute approximate surface area is 242 Å². The van der Waals surface area contributed by atoms with Gasteiger partial charge in [0.1, 0.15) is 0 Å². The Hall–Kier alpha value is -5.45. The van der Waals surface area contributed by atoms with Gasteiger partial charge in [-0.15, -0.1) is 0 Å². The molecule has 11 heteroatoms. The van der Waals surface area contributed by atoms with Crippen molar-refractivity contribution in [1.82, 2.24) is 0 Å². The molecule has 0 saturated carbocycles. The minimum absolute atomic E-state index is 0.218. The maximum atomic E-state index is 13.2. The number of methoxy groups -OCH3 is 2. The highest BCUT2D eigenvalue weighted by Gasteiger charge is 2.29. The highest BCUT2D eigenvalue weighted by Crippen LogP contribution is 2.31. The van der Waals surface area contributed by atoms with Crippen molar-refractivity contribution in [2.45, 2.75) is 13.8 Å². The van der Waals surface area contributed by atoms with Crippen molar-refractivity contribution < 1.29 is 38.1 Å². The summed E-state index contributed by atoms with van der Waals surface area (Å²) in [6, 6.07) is 17.9. The fourth-order valence-electron chi connectivity index (χ4n) is 4.08. The van der Waals surface area contributed by atoms with Crippen LogP contribution in [0.5, 0.6) is 11.5 Å². The molecule has 0 saturated heterocycles. The van der Waals surface area contributed by atoms with E-state index in [4.69, 9.17) is 18.9 Å². The molecule has 42 heavy (non-hydrogen) atoms. The smallest absolute Gasteiger partial charge is 0.339 e. The third-order valence-electron chi connectivity index (χ3n) is 6.15. The first kappa shape index (κ1) is 29.5. The number of ether oxygens (including phenoxy) is 4. The van der Waals surface area contributed by atoms with Gasteiger partial charge in [-0.1, -0.05) is 18.2 Å². The van der Waals surface area contributed by atoms with E-state index in [0.29, 0.717) is 45.3 Å². The number of carbonyl (C=O) groups is 4. The molecule has 0 unspecified atom stereocenters. The van der Waals surface area contributed by atoms with Crippen molar-refractivity contribution in [3.05, 3.63) is 89.0 Å². The maximum absolute atomic E-state index is 13.2. The molecule has 3 aromatic rings. The standard InChI is InChI=1S/C31H29N3O8/c1-5-41-30(37)21-11-13-22(14-12-21)34-29(36)24(19(2)33-34)16-20-10-15-26(27(17-20)39-3)42-18-28(35)32-25-9-7-6-8-23(25)31(38)40-4/h6-17H,5,18H2,1-4H3,(H,32,35)/b24-16+. The van der Waals surface area contributed by atoms with Crippen LogP contribution in [-0.2, 0) is 19.1 Å². The lowest BCUT2D eigenvalue weighted by Crippen LogP contribution is -2.22. The van der Waals surface area contributed by atoms with Gasteiger partial charge < -0.3 is 24.3 Å². The molecule has 1 aliphatic heterocycles. The molecule has 1 aliphatic rings. The molecule has 2 amide bonds. The van der Waals surface area contributed by atoms with Crippen LogP contribution in [0, 0.1) is 0 Å². The van der Waals surface area contributed by atoms with Gasteiger partial charge >= 0.3 is 11.9 Å². The van der Waals surface area contributed by atoms with Crippen molar-refractivity contribution in [3.8, 4) is 11.5 Å². The van der Waals surface area contributed by atoms with E-state index in [0.717, 1.165) is 0 Å². The molecule has 1 N–H and O–H groups in total. The minimum Gasteiger partial charge on any atom is -0.493 e. The van der Waals surface area contributed by atoms with E-state index >= 15 is 0 Å². The Morgan fingerprint density at radius 2 is 1.69 bits per heavy atom. The van der Waals surface area contributed by atoms with Crippen LogP contribution in [-0.4, -0.2) is 56.9 Å². The highest BCUT2D eigenvalue weighted by atomic mass is 16.5. The van der Waals surface area contributed by atoms with Crippen molar-refractivity contribution in [2.75, 3.05) is 37.8 Å².